The van der Waals surface area contributed by atoms with Gasteiger partial charge in [-0.05, 0) is 141 Å². The highest BCUT2D eigenvalue weighted by atomic mass is 19.4. The van der Waals surface area contributed by atoms with Crippen LogP contribution in [0.3, 0.4) is 0 Å². The molecule has 0 atom stereocenters. The Morgan fingerprint density at radius 2 is 0.637 bits per heavy atom. The van der Waals surface area contributed by atoms with E-state index in [1.807, 2.05) is 66.7 Å². The summed E-state index contributed by atoms with van der Waals surface area (Å²) in [6.07, 6.45) is -9.52. The number of para-hydroxylation sites is 3. The first-order chi connectivity index (χ1) is 37.4. The number of hydrogen-bond donors (Lipinski definition) is 0. The van der Waals surface area contributed by atoms with Crippen molar-refractivity contribution in [1.29, 1.82) is 0 Å². The molecule has 0 aliphatic rings. The fourth-order valence-corrected chi connectivity index (χ4v) is 10.8. The van der Waals surface area contributed by atoms with Crippen LogP contribution in [-0.4, -0.2) is 24.1 Å². The number of rotatable bonds is 6. The van der Waals surface area contributed by atoms with E-state index in [4.69, 9.17) is 15.0 Å². The Morgan fingerprint density at radius 1 is 0.287 bits per heavy atom. The number of benzene rings is 8. The molecule has 0 aliphatic heterocycles. The minimum absolute atomic E-state index is 0.0256. The molecule has 5 nitrogen and oxygen atoms in total. The quantitative estimate of drug-likeness (QED) is 0.156. The van der Waals surface area contributed by atoms with Crippen LogP contribution in [0, 0.1) is 0 Å². The lowest BCUT2D eigenvalue weighted by atomic mass is 9.79. The maximum Gasteiger partial charge on any atom is 0.416 e. The van der Waals surface area contributed by atoms with Gasteiger partial charge in [-0.15, -0.1) is 0 Å². The maximum atomic E-state index is 14.6. The molecule has 0 fully saturated rings. The normalized spacial score (nSPS) is 13.1. The summed E-state index contributed by atoms with van der Waals surface area (Å²) >= 11 is 0. The predicted octanol–water partition coefficient (Wildman–Crippen LogP) is 20.0. The fraction of sp³-hybridized carbons (Fsp3) is 0.261. The molecule has 0 aliphatic carbocycles. The average molecular weight is 1080 g/mol. The molecular weight excluding hydrogens is 1010 g/mol. The second-order valence-corrected chi connectivity index (χ2v) is 25.3. The van der Waals surface area contributed by atoms with Crippen molar-refractivity contribution < 1.29 is 26.3 Å². The topological polar surface area (TPSA) is 48.5 Å². The smallest absolute Gasteiger partial charge is 0.309 e. The second-order valence-electron chi connectivity index (χ2n) is 25.3. The van der Waals surface area contributed by atoms with Crippen molar-refractivity contribution in [3.8, 4) is 56.7 Å². The van der Waals surface area contributed by atoms with Crippen LogP contribution in [0.2, 0.25) is 0 Å². The number of nitrogens with zero attached hydrogens (tertiary/aromatic N) is 5. The molecule has 0 saturated carbocycles. The van der Waals surface area contributed by atoms with Crippen molar-refractivity contribution in [1.82, 2.24) is 24.1 Å². The third-order valence-corrected chi connectivity index (χ3v) is 15.4. The van der Waals surface area contributed by atoms with Gasteiger partial charge in [0.1, 0.15) is 0 Å². The van der Waals surface area contributed by atoms with E-state index in [0.717, 1.165) is 90.7 Å². The second kappa shape index (κ2) is 18.8. The van der Waals surface area contributed by atoms with Gasteiger partial charge in [-0.3, -0.25) is 0 Å². The Kier molecular flexibility index (Phi) is 12.7. The van der Waals surface area contributed by atoms with E-state index < -0.39 is 23.5 Å². The SMILES string of the molecule is CC(C)(C)c1cc(-c2nc(-c3cc(C(C)(C)C)cc(C(C)(C)C)c3)nc(-c3ccc(-n4c5ccc(C(F)(F)F)cc5c5cc(C(F)(F)F)ccc54)c(-c4ccccc4-n4c5ccccc5c5ccccc54)c3)n2)cc(C(C)(C)C)c1. The first kappa shape index (κ1) is 53.9. The zero-order valence-electron chi connectivity index (χ0n) is 47.1. The monoisotopic (exact) mass is 1080 g/mol. The molecule has 11 aromatic rings. The summed E-state index contributed by atoms with van der Waals surface area (Å²) in [4.78, 5) is 16.1. The van der Waals surface area contributed by atoms with Gasteiger partial charge in [0.05, 0.1) is 44.6 Å². The van der Waals surface area contributed by atoms with E-state index in [1.54, 1.807) is 4.57 Å². The van der Waals surface area contributed by atoms with Gasteiger partial charge < -0.3 is 9.13 Å². The van der Waals surface area contributed by atoms with Crippen LogP contribution in [0.25, 0.3) is 100 Å². The highest BCUT2D eigenvalue weighted by molar-refractivity contribution is 6.12. The van der Waals surface area contributed by atoms with Crippen molar-refractivity contribution in [2.75, 3.05) is 0 Å². The molecule has 0 unspecified atom stereocenters. The first-order valence-electron chi connectivity index (χ1n) is 27.0. The predicted molar refractivity (Wildman–Crippen MR) is 315 cm³/mol. The largest absolute Gasteiger partial charge is 0.416 e. The van der Waals surface area contributed by atoms with Gasteiger partial charge in [0.2, 0.25) is 0 Å². The van der Waals surface area contributed by atoms with Gasteiger partial charge in [0.25, 0.3) is 0 Å². The highest BCUT2D eigenvalue weighted by Gasteiger charge is 2.34. The molecule has 11 heteroatoms. The van der Waals surface area contributed by atoms with Crippen LogP contribution < -0.4 is 0 Å². The minimum atomic E-state index is -4.76. The number of halogens is 6. The van der Waals surface area contributed by atoms with E-state index >= 15 is 0 Å². The minimum Gasteiger partial charge on any atom is -0.309 e. The molecule has 0 bridgehead atoms. The van der Waals surface area contributed by atoms with E-state index in [0.29, 0.717) is 45.3 Å². The van der Waals surface area contributed by atoms with Crippen molar-refractivity contribution in [3.05, 3.63) is 197 Å². The molecule has 11 rings (SSSR count). The molecule has 3 heterocycles. The third-order valence-electron chi connectivity index (χ3n) is 15.4. The molecule has 0 saturated heterocycles. The van der Waals surface area contributed by atoms with Crippen LogP contribution in [0.1, 0.15) is 116 Å². The standard InChI is InChI=1S/C69H63F6N5/c1-64(2,3)45-31-41(32-46(36-45)65(4,5)6)62-76-61(77-63(78-62)42-33-47(66(7,8)9)37-48(34-42)67(10,11)12)40-25-28-58(80-59-29-26-43(68(70,71)72)38-53(59)54-39-44(69(73,74)75)27-30-60(54)80)52(35-40)51-21-15-18-24-57(51)79-55-22-16-13-19-49(55)50-20-14-17-23-56(50)79/h13-39H,1-12H3. The Balaban J connectivity index is 1.26. The van der Waals surface area contributed by atoms with Crippen LogP contribution in [0.5, 0.6) is 0 Å². The molecule has 8 aromatic carbocycles. The summed E-state index contributed by atoms with van der Waals surface area (Å²) in [5, 5.41) is 2.13. The van der Waals surface area contributed by atoms with Gasteiger partial charge in [0.15, 0.2) is 17.5 Å². The van der Waals surface area contributed by atoms with Gasteiger partial charge in [0, 0.05) is 49.4 Å². The Bertz CT molecular complexity index is 3980. The zero-order valence-corrected chi connectivity index (χ0v) is 47.1. The maximum absolute atomic E-state index is 14.6. The van der Waals surface area contributed by atoms with E-state index in [1.165, 1.54) is 12.1 Å². The zero-order chi connectivity index (χ0) is 57.2. The first-order valence-corrected chi connectivity index (χ1v) is 27.0. The van der Waals surface area contributed by atoms with Crippen LogP contribution in [0.4, 0.5) is 26.3 Å². The summed E-state index contributed by atoms with van der Waals surface area (Å²) < 4.78 is 91.3. The fourth-order valence-electron chi connectivity index (χ4n) is 10.8. The lowest BCUT2D eigenvalue weighted by Gasteiger charge is -2.26. The summed E-state index contributed by atoms with van der Waals surface area (Å²) in [5.41, 5.74) is 9.06. The van der Waals surface area contributed by atoms with Gasteiger partial charge in [-0.2, -0.15) is 26.3 Å². The Morgan fingerprint density at radius 3 is 1.04 bits per heavy atom. The van der Waals surface area contributed by atoms with Crippen molar-refractivity contribution in [2.45, 2.75) is 117 Å². The Hall–Kier alpha value is -8.05. The van der Waals surface area contributed by atoms with E-state index in [2.05, 4.69) is 148 Å². The van der Waals surface area contributed by atoms with Crippen LogP contribution in [-0.2, 0) is 34.0 Å². The average Bonchev–Trinajstić information content (AvgIpc) is 3.93. The van der Waals surface area contributed by atoms with Crippen molar-refractivity contribution >= 4 is 43.6 Å². The summed E-state index contributed by atoms with van der Waals surface area (Å²) in [6, 6.07) is 49.7. The highest BCUT2D eigenvalue weighted by Crippen LogP contribution is 2.45. The molecule has 0 N–H and O–H groups in total. The van der Waals surface area contributed by atoms with Gasteiger partial charge in [-0.25, -0.2) is 15.0 Å². The Labute approximate surface area is 463 Å². The number of fused-ring (bicyclic) bond motifs is 6. The van der Waals surface area contributed by atoms with Crippen LogP contribution >= 0.6 is 0 Å². The molecule has 406 valence electrons. The number of hydrogen-bond acceptors (Lipinski definition) is 3. The van der Waals surface area contributed by atoms with Crippen molar-refractivity contribution in [2.24, 2.45) is 0 Å². The lowest BCUT2D eigenvalue weighted by Crippen LogP contribution is -2.17. The summed E-state index contributed by atoms with van der Waals surface area (Å²) in [7, 11) is 0. The molecule has 3 aromatic heterocycles. The molecule has 0 radical (unpaired) electrons. The molecule has 80 heavy (non-hydrogen) atoms. The molecule has 0 amide bonds. The van der Waals surface area contributed by atoms with E-state index in [9.17, 15) is 26.3 Å². The number of aromatic nitrogens is 5. The third kappa shape index (κ3) is 9.83. The lowest BCUT2D eigenvalue weighted by molar-refractivity contribution is -0.138. The summed E-state index contributed by atoms with van der Waals surface area (Å²) in [5.74, 6) is 1.32. The summed E-state index contributed by atoms with van der Waals surface area (Å²) in [6.45, 7) is 26.3. The van der Waals surface area contributed by atoms with Gasteiger partial charge in [-0.1, -0.05) is 150 Å². The van der Waals surface area contributed by atoms with Gasteiger partial charge >= 0.3 is 12.4 Å². The molecule has 0 spiro atoms. The molecular formula is C69H63F6N5. The van der Waals surface area contributed by atoms with Crippen molar-refractivity contribution in [3.63, 3.8) is 0 Å². The number of alkyl halides is 6. The van der Waals surface area contributed by atoms with E-state index in [-0.39, 0.29) is 32.4 Å². The van der Waals surface area contributed by atoms with Crippen LogP contribution in [0.15, 0.2) is 164 Å².